The molecular weight excluding hydrogens is 518 g/mol. The first-order chi connectivity index (χ1) is 19.6. The number of aryl methyl sites for hydroxylation is 1. The Hall–Kier alpha value is -4.33. The minimum atomic E-state index is -0.742. The molecule has 8 nitrogen and oxygen atoms in total. The van der Waals surface area contributed by atoms with E-state index < -0.39 is 11.7 Å². The van der Waals surface area contributed by atoms with Crippen LogP contribution in [0.5, 0.6) is 5.75 Å². The van der Waals surface area contributed by atoms with Crippen molar-refractivity contribution in [3.05, 3.63) is 84.3 Å². The van der Waals surface area contributed by atoms with Crippen LogP contribution in [0.4, 0.5) is 4.79 Å². The Morgan fingerprint density at radius 2 is 1.61 bits per heavy atom. The van der Waals surface area contributed by atoms with Crippen molar-refractivity contribution in [1.29, 1.82) is 0 Å². The van der Waals surface area contributed by atoms with Gasteiger partial charge in [0.1, 0.15) is 23.8 Å². The lowest BCUT2D eigenvalue weighted by Crippen LogP contribution is -2.23. The van der Waals surface area contributed by atoms with Crippen LogP contribution in [0.25, 0.3) is 22.0 Å². The molecule has 3 N–H and O–H groups in total. The molecule has 4 aromatic rings. The van der Waals surface area contributed by atoms with Gasteiger partial charge in [0.15, 0.2) is 0 Å². The number of benzene rings is 3. The average Bonchev–Trinajstić information content (AvgIpc) is 3.42. The zero-order valence-electron chi connectivity index (χ0n) is 24.4. The van der Waals surface area contributed by atoms with Gasteiger partial charge in [0.2, 0.25) is 0 Å². The molecule has 0 saturated heterocycles. The first-order valence-electron chi connectivity index (χ1n) is 13.9. The number of unbranched alkanes of at least 4 members (excludes halogenated alkanes) is 3. The molecule has 0 aliphatic heterocycles. The molecule has 0 aliphatic carbocycles. The monoisotopic (exact) mass is 559 g/mol. The van der Waals surface area contributed by atoms with Crippen LogP contribution in [0.15, 0.2) is 72.9 Å². The standard InChI is InChI=1S/C25H32N2O3.C8H9NO2/c1-25(2,3)30-24(28)10-8-6-5-7-9-23-26-17-22(27-23)20-12-11-19-16-21(29-4)14-13-18(19)15-20;9-8(10)11-6-7-4-2-1-3-5-7/h11-17H,5-10H2,1-4H3,(H,26,27);1-5H,6H2,(H2,9,10). The fourth-order valence-corrected chi connectivity index (χ4v) is 4.19. The van der Waals surface area contributed by atoms with Gasteiger partial charge < -0.3 is 24.9 Å². The van der Waals surface area contributed by atoms with Gasteiger partial charge in [-0.2, -0.15) is 0 Å². The highest BCUT2D eigenvalue weighted by Crippen LogP contribution is 2.26. The number of hydrogen-bond acceptors (Lipinski definition) is 6. The molecule has 218 valence electrons. The normalized spacial score (nSPS) is 10.9. The van der Waals surface area contributed by atoms with Gasteiger partial charge in [-0.15, -0.1) is 0 Å². The molecule has 0 aliphatic rings. The lowest BCUT2D eigenvalue weighted by Gasteiger charge is -2.19. The van der Waals surface area contributed by atoms with E-state index in [2.05, 4.69) is 39.0 Å². The number of hydrogen-bond donors (Lipinski definition) is 2. The molecule has 0 radical (unpaired) electrons. The molecule has 1 aromatic heterocycles. The second-order valence-electron chi connectivity index (χ2n) is 10.8. The van der Waals surface area contributed by atoms with Crippen LogP contribution in [0.3, 0.4) is 0 Å². The number of methoxy groups -OCH3 is 1. The summed E-state index contributed by atoms with van der Waals surface area (Å²) in [5, 5.41) is 2.33. The molecule has 0 bridgehead atoms. The first kappa shape index (κ1) is 31.2. The number of nitrogens with one attached hydrogen (secondary N) is 1. The second kappa shape index (κ2) is 15.5. The summed E-state index contributed by atoms with van der Waals surface area (Å²) in [5.41, 5.74) is 7.48. The molecule has 4 rings (SSSR count). The van der Waals surface area contributed by atoms with Crippen molar-refractivity contribution in [2.75, 3.05) is 7.11 Å². The smallest absolute Gasteiger partial charge is 0.404 e. The molecule has 8 heteroatoms. The topological polar surface area (TPSA) is 117 Å². The van der Waals surface area contributed by atoms with E-state index in [1.165, 1.54) is 5.39 Å². The Labute approximate surface area is 242 Å². The van der Waals surface area contributed by atoms with Crippen molar-refractivity contribution < 1.29 is 23.8 Å². The third kappa shape index (κ3) is 11.4. The van der Waals surface area contributed by atoms with Crippen LogP contribution < -0.4 is 10.5 Å². The van der Waals surface area contributed by atoms with Crippen molar-refractivity contribution >= 4 is 22.8 Å². The van der Waals surface area contributed by atoms with E-state index in [1.54, 1.807) is 7.11 Å². The predicted octanol–water partition coefficient (Wildman–Crippen LogP) is 7.36. The summed E-state index contributed by atoms with van der Waals surface area (Å²) in [5.74, 6) is 1.77. The third-order valence-corrected chi connectivity index (χ3v) is 6.18. The zero-order chi connectivity index (χ0) is 29.7. The summed E-state index contributed by atoms with van der Waals surface area (Å²) < 4.78 is 15.2. The Kier molecular flexibility index (Phi) is 11.8. The summed E-state index contributed by atoms with van der Waals surface area (Å²) in [6, 6.07) is 21.9. The number of esters is 1. The van der Waals surface area contributed by atoms with E-state index in [9.17, 15) is 9.59 Å². The van der Waals surface area contributed by atoms with Crippen LogP contribution >= 0.6 is 0 Å². The first-order valence-corrected chi connectivity index (χ1v) is 13.9. The summed E-state index contributed by atoms with van der Waals surface area (Å²) >= 11 is 0. The van der Waals surface area contributed by atoms with Crippen molar-refractivity contribution in [2.24, 2.45) is 5.73 Å². The van der Waals surface area contributed by atoms with Gasteiger partial charge in [0, 0.05) is 18.4 Å². The van der Waals surface area contributed by atoms with E-state index >= 15 is 0 Å². The summed E-state index contributed by atoms with van der Waals surface area (Å²) in [7, 11) is 1.68. The largest absolute Gasteiger partial charge is 0.497 e. The second-order valence-corrected chi connectivity index (χ2v) is 10.8. The van der Waals surface area contributed by atoms with Gasteiger partial charge in [-0.05, 0) is 68.1 Å². The number of nitrogens with two attached hydrogens (primary N) is 1. The quantitative estimate of drug-likeness (QED) is 0.147. The number of ether oxygens (including phenoxy) is 3. The number of carbonyl (C=O) groups is 2. The fraction of sp³-hybridized carbons (Fsp3) is 0.364. The number of H-pyrrole nitrogens is 1. The van der Waals surface area contributed by atoms with Crippen LogP contribution in [-0.2, 0) is 27.3 Å². The number of rotatable bonds is 11. The zero-order valence-corrected chi connectivity index (χ0v) is 24.4. The van der Waals surface area contributed by atoms with E-state index in [1.807, 2.05) is 69.4 Å². The average molecular weight is 560 g/mol. The molecule has 1 heterocycles. The van der Waals surface area contributed by atoms with Crippen LogP contribution in [-0.4, -0.2) is 34.7 Å². The SMILES string of the molecule is COc1ccc2cc(-c3cnc(CCCCCCC(=O)OC(C)(C)C)[nH]3)ccc2c1.NC(=O)OCc1ccccc1. The van der Waals surface area contributed by atoms with E-state index in [0.29, 0.717) is 6.42 Å². The van der Waals surface area contributed by atoms with Gasteiger partial charge in [0.05, 0.1) is 19.0 Å². The maximum Gasteiger partial charge on any atom is 0.404 e. The Bertz CT molecular complexity index is 1390. The molecule has 0 atom stereocenters. The minimum absolute atomic E-state index is 0.105. The van der Waals surface area contributed by atoms with Crippen molar-refractivity contribution in [1.82, 2.24) is 9.97 Å². The summed E-state index contributed by atoms with van der Waals surface area (Å²) in [6.45, 7) is 5.95. The summed E-state index contributed by atoms with van der Waals surface area (Å²) in [4.78, 5) is 29.9. The van der Waals surface area contributed by atoms with Crippen molar-refractivity contribution in [2.45, 2.75) is 71.5 Å². The van der Waals surface area contributed by atoms with Gasteiger partial charge in [-0.25, -0.2) is 9.78 Å². The highest BCUT2D eigenvalue weighted by atomic mass is 16.6. The maximum atomic E-state index is 11.7. The number of aromatic nitrogens is 2. The summed E-state index contributed by atoms with van der Waals surface area (Å²) in [6.07, 6.45) is 6.61. The maximum absolute atomic E-state index is 11.7. The highest BCUT2D eigenvalue weighted by molar-refractivity contribution is 5.87. The number of aromatic amines is 1. The molecule has 0 spiro atoms. The molecule has 1 amide bonds. The molecular formula is C33H41N3O5. The molecule has 41 heavy (non-hydrogen) atoms. The number of amides is 1. The fourth-order valence-electron chi connectivity index (χ4n) is 4.19. The molecule has 3 aromatic carbocycles. The van der Waals surface area contributed by atoms with Gasteiger partial charge in [-0.1, -0.05) is 61.4 Å². The lowest BCUT2D eigenvalue weighted by molar-refractivity contribution is -0.154. The van der Waals surface area contributed by atoms with Crippen LogP contribution in [0, 0.1) is 0 Å². The van der Waals surface area contributed by atoms with Crippen molar-refractivity contribution in [3.63, 3.8) is 0 Å². The third-order valence-electron chi connectivity index (χ3n) is 6.18. The van der Waals surface area contributed by atoms with E-state index in [-0.39, 0.29) is 12.6 Å². The number of fused-ring (bicyclic) bond motifs is 1. The minimum Gasteiger partial charge on any atom is -0.497 e. The number of nitrogens with zero attached hydrogens (tertiary/aromatic N) is 1. The molecule has 0 fully saturated rings. The number of primary amides is 1. The van der Waals surface area contributed by atoms with Crippen LogP contribution in [0.2, 0.25) is 0 Å². The van der Waals surface area contributed by atoms with E-state index in [0.717, 1.165) is 65.9 Å². The lowest BCUT2D eigenvalue weighted by atomic mass is 10.1. The Morgan fingerprint density at radius 1 is 0.902 bits per heavy atom. The van der Waals surface area contributed by atoms with Crippen molar-refractivity contribution in [3.8, 4) is 17.0 Å². The number of imidazole rings is 1. The van der Waals surface area contributed by atoms with Gasteiger partial charge >= 0.3 is 12.1 Å². The Morgan fingerprint density at radius 3 is 2.32 bits per heavy atom. The predicted molar refractivity (Wildman–Crippen MR) is 162 cm³/mol. The van der Waals surface area contributed by atoms with Gasteiger partial charge in [0.25, 0.3) is 0 Å². The molecule has 0 unspecified atom stereocenters. The molecule has 0 saturated carbocycles. The highest BCUT2D eigenvalue weighted by Gasteiger charge is 2.15. The van der Waals surface area contributed by atoms with Gasteiger partial charge in [-0.3, -0.25) is 4.79 Å². The van der Waals surface area contributed by atoms with Crippen LogP contribution in [0.1, 0.15) is 64.3 Å². The van der Waals surface area contributed by atoms with E-state index in [4.69, 9.17) is 15.2 Å². The Balaban J connectivity index is 0.000000352. The number of carbonyl (C=O) groups excluding carboxylic acids is 2.